The molecule has 1 aliphatic rings. The van der Waals surface area contributed by atoms with Crippen molar-refractivity contribution in [3.05, 3.63) is 28.2 Å². The molecule has 98 valence electrons. The molecule has 0 saturated heterocycles. The topological polar surface area (TPSA) is 26.3 Å². The standard InChI is InChI=1S/C14H16Cl2O2/c15-11-6-12(16)8-13(7-11)18-9-14(17)10-4-2-1-3-5-10/h6-8,10H,1-5,9H2. The minimum atomic E-state index is 0.112. The average molecular weight is 287 g/mol. The highest BCUT2D eigenvalue weighted by atomic mass is 35.5. The van der Waals surface area contributed by atoms with Crippen molar-refractivity contribution in [2.75, 3.05) is 6.61 Å². The fourth-order valence-corrected chi connectivity index (χ4v) is 2.81. The summed E-state index contributed by atoms with van der Waals surface area (Å²) in [6.07, 6.45) is 5.55. The van der Waals surface area contributed by atoms with Gasteiger partial charge in [-0.15, -0.1) is 0 Å². The lowest BCUT2D eigenvalue weighted by molar-refractivity contribution is -0.125. The van der Waals surface area contributed by atoms with Crippen LogP contribution in [0.3, 0.4) is 0 Å². The largest absolute Gasteiger partial charge is 0.486 e. The first-order valence-corrected chi connectivity index (χ1v) is 7.02. The Morgan fingerprint density at radius 1 is 1.11 bits per heavy atom. The SMILES string of the molecule is O=C(COc1cc(Cl)cc(Cl)c1)C1CCCCC1. The van der Waals surface area contributed by atoms with Gasteiger partial charge >= 0.3 is 0 Å². The van der Waals surface area contributed by atoms with Crippen molar-refractivity contribution in [2.24, 2.45) is 5.92 Å². The minimum Gasteiger partial charge on any atom is -0.486 e. The molecule has 1 aromatic rings. The van der Waals surface area contributed by atoms with Crippen LogP contribution in [0.15, 0.2) is 18.2 Å². The van der Waals surface area contributed by atoms with Crippen LogP contribution in [0.2, 0.25) is 10.0 Å². The van der Waals surface area contributed by atoms with E-state index in [0.717, 1.165) is 25.7 Å². The first-order chi connectivity index (χ1) is 8.65. The lowest BCUT2D eigenvalue weighted by Crippen LogP contribution is -2.23. The van der Waals surface area contributed by atoms with E-state index in [0.29, 0.717) is 15.8 Å². The second kappa shape index (κ2) is 6.44. The molecule has 1 aliphatic carbocycles. The maximum absolute atomic E-state index is 12.0. The van der Waals surface area contributed by atoms with Crippen molar-refractivity contribution in [3.63, 3.8) is 0 Å². The van der Waals surface area contributed by atoms with Crippen molar-refractivity contribution < 1.29 is 9.53 Å². The summed E-state index contributed by atoms with van der Waals surface area (Å²) in [7, 11) is 0. The Kier molecular flexibility index (Phi) is 4.90. The van der Waals surface area contributed by atoms with Gasteiger partial charge < -0.3 is 4.74 Å². The molecule has 0 heterocycles. The number of carbonyl (C=O) groups excluding carboxylic acids is 1. The Balaban J connectivity index is 1.88. The molecule has 4 heteroatoms. The van der Waals surface area contributed by atoms with E-state index in [-0.39, 0.29) is 18.3 Å². The van der Waals surface area contributed by atoms with Gasteiger partial charge in [0.15, 0.2) is 5.78 Å². The van der Waals surface area contributed by atoms with Crippen LogP contribution in [0.5, 0.6) is 5.75 Å². The highest BCUT2D eigenvalue weighted by Crippen LogP contribution is 2.26. The van der Waals surface area contributed by atoms with Crippen LogP contribution >= 0.6 is 23.2 Å². The summed E-state index contributed by atoms with van der Waals surface area (Å²) in [5, 5.41) is 1.03. The van der Waals surface area contributed by atoms with E-state index in [4.69, 9.17) is 27.9 Å². The van der Waals surface area contributed by atoms with Crippen molar-refractivity contribution >= 4 is 29.0 Å². The fraction of sp³-hybridized carbons (Fsp3) is 0.500. The van der Waals surface area contributed by atoms with Crippen molar-refractivity contribution in [1.29, 1.82) is 0 Å². The smallest absolute Gasteiger partial charge is 0.173 e. The third-order valence-corrected chi connectivity index (χ3v) is 3.71. The number of rotatable bonds is 4. The van der Waals surface area contributed by atoms with Gasteiger partial charge in [-0.1, -0.05) is 42.5 Å². The summed E-state index contributed by atoms with van der Waals surface area (Å²) < 4.78 is 5.46. The second-order valence-corrected chi connectivity index (χ2v) is 5.57. The average Bonchev–Trinajstić information content (AvgIpc) is 2.36. The molecule has 18 heavy (non-hydrogen) atoms. The monoisotopic (exact) mass is 286 g/mol. The highest BCUT2D eigenvalue weighted by molar-refractivity contribution is 6.34. The van der Waals surface area contributed by atoms with Crippen LogP contribution in [0, 0.1) is 5.92 Å². The Bertz CT molecular complexity index is 406. The summed E-state index contributed by atoms with van der Waals surface area (Å²) in [4.78, 5) is 12.0. The summed E-state index contributed by atoms with van der Waals surface area (Å²) in [5.41, 5.74) is 0. The second-order valence-electron chi connectivity index (χ2n) is 4.70. The van der Waals surface area contributed by atoms with Crippen LogP contribution in [0.4, 0.5) is 0 Å². The molecule has 1 saturated carbocycles. The van der Waals surface area contributed by atoms with E-state index in [1.54, 1.807) is 18.2 Å². The number of Topliss-reactive ketones (excluding diaryl/α,β-unsaturated/α-hetero) is 1. The van der Waals surface area contributed by atoms with Gasteiger partial charge in [0, 0.05) is 16.0 Å². The van der Waals surface area contributed by atoms with Crippen LogP contribution in [0.1, 0.15) is 32.1 Å². The first-order valence-electron chi connectivity index (χ1n) is 6.27. The lowest BCUT2D eigenvalue weighted by Gasteiger charge is -2.20. The van der Waals surface area contributed by atoms with Gasteiger partial charge in [0.25, 0.3) is 0 Å². The predicted molar refractivity (Wildman–Crippen MR) is 73.5 cm³/mol. The van der Waals surface area contributed by atoms with Gasteiger partial charge in [-0.05, 0) is 31.0 Å². The van der Waals surface area contributed by atoms with E-state index in [1.807, 2.05) is 0 Å². The van der Waals surface area contributed by atoms with Gasteiger partial charge in [0.2, 0.25) is 0 Å². The van der Waals surface area contributed by atoms with Gasteiger partial charge in [-0.25, -0.2) is 0 Å². The van der Waals surface area contributed by atoms with Crippen LogP contribution in [0.25, 0.3) is 0 Å². The van der Waals surface area contributed by atoms with Crippen molar-refractivity contribution in [1.82, 2.24) is 0 Å². The molecule has 2 rings (SSSR count). The molecule has 2 nitrogen and oxygen atoms in total. The third-order valence-electron chi connectivity index (χ3n) is 3.28. The molecule has 0 aliphatic heterocycles. The number of hydrogen-bond acceptors (Lipinski definition) is 2. The van der Waals surface area contributed by atoms with E-state index in [9.17, 15) is 4.79 Å². The van der Waals surface area contributed by atoms with E-state index >= 15 is 0 Å². The maximum atomic E-state index is 12.0. The number of ether oxygens (including phenoxy) is 1. The van der Waals surface area contributed by atoms with E-state index in [2.05, 4.69) is 0 Å². The lowest BCUT2D eigenvalue weighted by atomic mass is 9.86. The maximum Gasteiger partial charge on any atom is 0.173 e. The van der Waals surface area contributed by atoms with Crippen molar-refractivity contribution in [2.45, 2.75) is 32.1 Å². The Morgan fingerprint density at radius 2 is 1.72 bits per heavy atom. The zero-order chi connectivity index (χ0) is 13.0. The predicted octanol–water partition coefficient (Wildman–Crippen LogP) is 4.52. The quantitative estimate of drug-likeness (QED) is 0.813. The van der Waals surface area contributed by atoms with Gasteiger partial charge in [-0.2, -0.15) is 0 Å². The molecule has 0 amide bonds. The zero-order valence-electron chi connectivity index (χ0n) is 10.1. The van der Waals surface area contributed by atoms with Gasteiger partial charge in [-0.3, -0.25) is 4.79 Å². The van der Waals surface area contributed by atoms with E-state index < -0.39 is 0 Å². The van der Waals surface area contributed by atoms with Gasteiger partial charge in [0.05, 0.1) is 0 Å². The van der Waals surface area contributed by atoms with Crippen LogP contribution in [-0.4, -0.2) is 12.4 Å². The molecule has 0 radical (unpaired) electrons. The normalized spacial score (nSPS) is 16.6. The fourth-order valence-electron chi connectivity index (χ4n) is 2.31. The highest BCUT2D eigenvalue weighted by Gasteiger charge is 2.21. The van der Waals surface area contributed by atoms with Gasteiger partial charge in [0.1, 0.15) is 12.4 Å². The summed E-state index contributed by atoms with van der Waals surface area (Å²) in [5.74, 6) is 0.913. The minimum absolute atomic E-state index is 0.112. The Hall–Kier alpha value is -0.730. The molecule has 0 unspecified atom stereocenters. The first kappa shape index (κ1) is 13.7. The molecule has 0 N–H and O–H groups in total. The molecule has 0 atom stereocenters. The molecule has 1 aromatic carbocycles. The summed E-state index contributed by atoms with van der Waals surface area (Å²) in [6, 6.07) is 4.97. The summed E-state index contributed by atoms with van der Waals surface area (Å²) >= 11 is 11.7. The molecule has 0 spiro atoms. The number of halogens is 2. The molecule has 0 aromatic heterocycles. The Labute approximate surface area is 117 Å². The molecule has 0 bridgehead atoms. The molecule has 1 fully saturated rings. The van der Waals surface area contributed by atoms with E-state index in [1.165, 1.54) is 6.42 Å². The summed E-state index contributed by atoms with van der Waals surface area (Å²) in [6.45, 7) is 0.112. The number of benzene rings is 1. The molecular formula is C14H16Cl2O2. The van der Waals surface area contributed by atoms with Crippen molar-refractivity contribution in [3.8, 4) is 5.75 Å². The molecular weight excluding hydrogens is 271 g/mol. The number of carbonyl (C=O) groups is 1. The third kappa shape index (κ3) is 3.89. The number of hydrogen-bond donors (Lipinski definition) is 0. The number of ketones is 1. The zero-order valence-corrected chi connectivity index (χ0v) is 11.6. The van der Waals surface area contributed by atoms with Crippen LogP contribution < -0.4 is 4.74 Å². The Morgan fingerprint density at radius 3 is 2.33 bits per heavy atom. The van der Waals surface area contributed by atoms with Crippen LogP contribution in [-0.2, 0) is 4.79 Å².